The van der Waals surface area contributed by atoms with E-state index in [1.54, 1.807) is 27.7 Å². The number of nitrogen functional groups attached to an aromatic ring is 1. The summed E-state index contributed by atoms with van der Waals surface area (Å²) < 4.78 is 94.1. The smallest absolute Gasteiger partial charge is 0.351 e. The highest BCUT2D eigenvalue weighted by Crippen LogP contribution is 2.64. The van der Waals surface area contributed by atoms with Crippen molar-refractivity contribution in [1.82, 2.24) is 0 Å². The third-order valence-corrected chi connectivity index (χ3v) is 18.6. The van der Waals surface area contributed by atoms with Crippen molar-refractivity contribution < 1.29 is 49.0 Å². The Kier molecular flexibility index (Phi) is 14.0. The zero-order valence-electron chi connectivity index (χ0n) is 26.1. The first-order chi connectivity index (χ1) is 20.2. The summed E-state index contributed by atoms with van der Waals surface area (Å²) in [6.07, 6.45) is 0. The molecule has 0 fully saturated rings. The van der Waals surface area contributed by atoms with Crippen molar-refractivity contribution in [3.63, 3.8) is 0 Å². The molecule has 0 aromatic heterocycles. The zero-order valence-corrected chi connectivity index (χ0v) is 29.5. The molecule has 0 aliphatic heterocycles. The second-order valence-corrected chi connectivity index (χ2v) is 20.7. The average Bonchev–Trinajstić information content (AvgIpc) is 2.94. The van der Waals surface area contributed by atoms with E-state index >= 15 is 0 Å². The van der Waals surface area contributed by atoms with Gasteiger partial charge in [-0.15, -0.1) is 0 Å². The van der Waals surface area contributed by atoms with Crippen molar-refractivity contribution in [2.24, 2.45) is 0 Å². The van der Waals surface area contributed by atoms with Gasteiger partial charge in [0.25, 0.3) is 5.69 Å². The fraction of sp³-hybridized carbons (Fsp3) is 0.538. The van der Waals surface area contributed by atoms with E-state index in [0.717, 1.165) is 24.3 Å². The molecule has 0 saturated carbocycles. The molecule has 2 aromatic carbocycles. The van der Waals surface area contributed by atoms with Crippen molar-refractivity contribution in [1.29, 1.82) is 0 Å². The van der Waals surface area contributed by atoms with Crippen molar-refractivity contribution in [3.8, 4) is 0 Å². The summed E-state index contributed by atoms with van der Waals surface area (Å²) in [6, 6.07) is 10.1. The highest BCUT2D eigenvalue weighted by atomic mass is 32.2. The molecular weight excluding hydrogens is 658 g/mol. The number of hydrogen-bond acceptors (Lipinski definition) is 13. The monoisotopic (exact) mass is 700 g/mol. The van der Waals surface area contributed by atoms with E-state index in [4.69, 9.17) is 23.8 Å². The van der Waals surface area contributed by atoms with E-state index in [-0.39, 0.29) is 41.9 Å². The van der Waals surface area contributed by atoms with Crippen LogP contribution in [0.5, 0.6) is 0 Å². The van der Waals surface area contributed by atoms with Crippen LogP contribution in [0.15, 0.2) is 58.3 Å². The topological polar surface area (TPSA) is 208 Å². The average molecular weight is 701 g/mol. The van der Waals surface area contributed by atoms with Gasteiger partial charge in [0.05, 0.1) is 41.1 Å². The zero-order chi connectivity index (χ0) is 34.2. The minimum atomic E-state index is -4.12. The van der Waals surface area contributed by atoms with Gasteiger partial charge in [0.1, 0.15) is 0 Å². The molecule has 44 heavy (non-hydrogen) atoms. The minimum absolute atomic E-state index is 0.0243. The van der Waals surface area contributed by atoms with Gasteiger partial charge in [-0.2, -0.15) is 0 Å². The molecule has 14 nitrogen and oxygen atoms in total. The van der Waals surface area contributed by atoms with Crippen LogP contribution in [0.4, 0.5) is 11.4 Å². The van der Waals surface area contributed by atoms with Crippen LogP contribution in [0, 0.1) is 10.1 Å². The Morgan fingerprint density at radius 2 is 0.932 bits per heavy atom. The first-order valence-corrected chi connectivity index (χ1v) is 19.6. The SMILES string of the molecule is CCOP(=O)(OCC)C(C)(C)S(=O)(=O)c1ccc(N)cc1.CCOP(=O)(OCC)C(C)(C)S(=O)(=O)c1ccc([N+](=O)[O-])cc1. The lowest BCUT2D eigenvalue weighted by atomic mass is 10.3. The summed E-state index contributed by atoms with van der Waals surface area (Å²) in [5.74, 6) is 0. The van der Waals surface area contributed by atoms with E-state index in [1.165, 1.54) is 52.0 Å². The molecule has 0 aliphatic carbocycles. The number of nitro groups is 1. The normalized spacial score (nSPS) is 13.2. The number of non-ortho nitro benzene ring substituents is 1. The Bertz CT molecular complexity index is 1560. The van der Waals surface area contributed by atoms with Gasteiger partial charge in [0.15, 0.2) is 28.7 Å². The van der Waals surface area contributed by atoms with Crippen LogP contribution in [0.1, 0.15) is 55.4 Å². The number of benzene rings is 2. The molecule has 250 valence electrons. The second-order valence-electron chi connectivity index (χ2n) is 9.89. The number of rotatable bonds is 15. The number of nitrogens with two attached hydrogens (primary N) is 1. The van der Waals surface area contributed by atoms with Crippen molar-refractivity contribution in [2.75, 3.05) is 32.2 Å². The molecule has 0 aliphatic rings. The fourth-order valence-electron chi connectivity index (χ4n) is 3.64. The van der Waals surface area contributed by atoms with Crippen LogP contribution in [-0.2, 0) is 46.9 Å². The maximum atomic E-state index is 12.9. The predicted octanol–water partition coefficient (Wildman–Crippen LogP) is 6.42. The lowest BCUT2D eigenvalue weighted by molar-refractivity contribution is -0.384. The molecule has 0 saturated heterocycles. The largest absolute Gasteiger partial charge is 0.399 e. The molecular formula is C26H42N2O12P2S2. The van der Waals surface area contributed by atoms with Crippen LogP contribution in [-0.4, -0.2) is 57.2 Å². The van der Waals surface area contributed by atoms with Crippen LogP contribution >= 0.6 is 15.2 Å². The number of sulfone groups is 2. The van der Waals surface area contributed by atoms with E-state index in [2.05, 4.69) is 0 Å². The van der Waals surface area contributed by atoms with Gasteiger partial charge in [0.2, 0.25) is 0 Å². The molecule has 18 heteroatoms. The van der Waals surface area contributed by atoms with Crippen molar-refractivity contribution in [2.45, 2.75) is 74.2 Å². The highest BCUT2D eigenvalue weighted by Gasteiger charge is 2.55. The Balaban J connectivity index is 0.000000442. The maximum Gasteiger partial charge on any atom is 0.351 e. The Hall–Kier alpha value is -2.16. The molecule has 2 N–H and O–H groups in total. The molecule has 2 aromatic rings. The van der Waals surface area contributed by atoms with Crippen LogP contribution in [0.3, 0.4) is 0 Å². The molecule has 0 spiro atoms. The molecule has 0 amide bonds. The molecule has 0 unspecified atom stereocenters. The van der Waals surface area contributed by atoms with Gasteiger partial charge in [-0.1, -0.05) is 0 Å². The second kappa shape index (κ2) is 15.4. The third kappa shape index (κ3) is 8.16. The Morgan fingerprint density at radius 3 is 1.18 bits per heavy atom. The standard InChI is InChI=1S/C13H20NO7PS.C13H22NO5PS/c1-5-20-22(17,21-6-2)13(3,4)23(18,19)12-9-7-11(8-10-12)14(15)16;1-5-18-20(15,19-6-2)13(3,4)21(16,17)12-9-7-11(14)8-10-12/h7-10H,5-6H2,1-4H3;7-10H,5-6,14H2,1-4H3. The number of hydrogen-bond donors (Lipinski definition) is 1. The van der Waals surface area contributed by atoms with Gasteiger partial charge in [0, 0.05) is 17.8 Å². The van der Waals surface area contributed by atoms with E-state index < -0.39 is 48.8 Å². The highest BCUT2D eigenvalue weighted by molar-refractivity contribution is 8.00. The summed E-state index contributed by atoms with van der Waals surface area (Å²) >= 11 is 0. The lowest BCUT2D eigenvalue weighted by Gasteiger charge is -2.32. The summed E-state index contributed by atoms with van der Waals surface area (Å²) in [5.41, 5.74) is 5.77. The van der Waals surface area contributed by atoms with Gasteiger partial charge in [-0.25, -0.2) is 16.8 Å². The predicted molar refractivity (Wildman–Crippen MR) is 168 cm³/mol. The molecule has 2 rings (SSSR count). The number of nitro benzene ring substituents is 1. The third-order valence-electron chi connectivity index (χ3n) is 6.38. The van der Waals surface area contributed by atoms with E-state index in [1.807, 2.05) is 0 Å². The van der Waals surface area contributed by atoms with Gasteiger partial charge >= 0.3 is 15.2 Å². The first kappa shape index (κ1) is 39.9. The maximum absolute atomic E-state index is 12.9. The molecule has 0 radical (unpaired) electrons. The first-order valence-electron chi connectivity index (χ1n) is 13.5. The van der Waals surface area contributed by atoms with Crippen molar-refractivity contribution >= 4 is 46.2 Å². The number of nitrogens with zero attached hydrogens (tertiary/aromatic N) is 1. The summed E-state index contributed by atoms with van der Waals surface area (Å²) in [6.45, 7) is 11.9. The summed E-state index contributed by atoms with van der Waals surface area (Å²) in [5, 5.41) is 10.7. The summed E-state index contributed by atoms with van der Waals surface area (Å²) in [4.78, 5) is 9.87. The van der Waals surface area contributed by atoms with Crippen LogP contribution in [0.2, 0.25) is 0 Å². The van der Waals surface area contributed by atoms with Crippen molar-refractivity contribution in [3.05, 3.63) is 58.6 Å². The molecule has 0 atom stereocenters. The Labute approximate surface area is 259 Å². The number of anilines is 1. The van der Waals surface area contributed by atoms with E-state index in [9.17, 15) is 36.1 Å². The summed E-state index contributed by atoms with van der Waals surface area (Å²) in [7, 11) is -15.8. The fourth-order valence-corrected chi connectivity index (χ4v) is 12.2. The van der Waals surface area contributed by atoms with Gasteiger partial charge < -0.3 is 23.8 Å². The molecule has 0 bridgehead atoms. The van der Waals surface area contributed by atoms with Gasteiger partial charge in [-0.05, 0) is 91.8 Å². The lowest BCUT2D eigenvalue weighted by Crippen LogP contribution is -2.33. The van der Waals surface area contributed by atoms with Crippen LogP contribution in [0.25, 0.3) is 0 Å². The van der Waals surface area contributed by atoms with Crippen LogP contribution < -0.4 is 5.73 Å². The Morgan fingerprint density at radius 1 is 0.659 bits per heavy atom. The van der Waals surface area contributed by atoms with Gasteiger partial charge in [-0.3, -0.25) is 19.2 Å². The minimum Gasteiger partial charge on any atom is -0.399 e. The van der Waals surface area contributed by atoms with E-state index in [0.29, 0.717) is 5.69 Å². The molecule has 0 heterocycles. The quantitative estimate of drug-likeness (QED) is 0.0922.